The van der Waals surface area contributed by atoms with Crippen LogP contribution in [0.25, 0.3) is 0 Å². The van der Waals surface area contributed by atoms with Gasteiger partial charge in [0.15, 0.2) is 0 Å². The topological polar surface area (TPSA) is 42.7 Å². The molecule has 0 aliphatic heterocycles. The van der Waals surface area contributed by atoms with E-state index < -0.39 is 6.43 Å². The third-order valence-corrected chi connectivity index (χ3v) is 1.76. The van der Waals surface area contributed by atoms with Gasteiger partial charge in [0, 0.05) is 7.05 Å². The lowest BCUT2D eigenvalue weighted by Crippen LogP contribution is -2.22. The van der Waals surface area contributed by atoms with Gasteiger partial charge in [-0.05, 0) is 6.92 Å². The van der Waals surface area contributed by atoms with Crippen molar-refractivity contribution in [3.05, 3.63) is 11.6 Å². The second kappa shape index (κ2) is 4.27. The number of alkyl halides is 2. The highest BCUT2D eigenvalue weighted by Crippen LogP contribution is 1.97. The molecule has 1 aromatic heterocycles. The van der Waals surface area contributed by atoms with Gasteiger partial charge in [-0.2, -0.15) is 0 Å². The molecule has 0 spiro atoms. The summed E-state index contributed by atoms with van der Waals surface area (Å²) in [7, 11) is 1.80. The Morgan fingerprint density at radius 2 is 2.15 bits per heavy atom. The minimum atomic E-state index is -2.32. The van der Waals surface area contributed by atoms with Crippen LogP contribution in [-0.2, 0) is 13.6 Å². The molecule has 13 heavy (non-hydrogen) atoms. The van der Waals surface area contributed by atoms with Crippen molar-refractivity contribution >= 4 is 0 Å². The minimum absolute atomic E-state index is 0.314. The summed E-state index contributed by atoms with van der Waals surface area (Å²) in [6.07, 6.45) is -2.32. The van der Waals surface area contributed by atoms with E-state index in [4.69, 9.17) is 0 Å². The van der Waals surface area contributed by atoms with Crippen LogP contribution >= 0.6 is 0 Å². The summed E-state index contributed by atoms with van der Waals surface area (Å²) in [6, 6.07) is 0. The number of hydrogen-bond acceptors (Lipinski definition) is 3. The van der Waals surface area contributed by atoms with Gasteiger partial charge in [-0.1, -0.05) is 0 Å². The number of nitrogens with zero attached hydrogens (tertiary/aromatic N) is 3. The van der Waals surface area contributed by atoms with Crippen LogP contribution in [0.1, 0.15) is 11.6 Å². The summed E-state index contributed by atoms with van der Waals surface area (Å²) < 4.78 is 25.2. The van der Waals surface area contributed by atoms with Crippen LogP contribution in [0.4, 0.5) is 8.78 Å². The number of halogens is 2. The second-order valence-electron chi connectivity index (χ2n) is 2.74. The fourth-order valence-electron chi connectivity index (χ4n) is 0.898. The van der Waals surface area contributed by atoms with E-state index >= 15 is 0 Å². The number of aromatic nitrogens is 3. The minimum Gasteiger partial charge on any atom is -0.317 e. The third kappa shape index (κ3) is 2.73. The molecule has 1 heterocycles. The van der Waals surface area contributed by atoms with E-state index in [0.717, 1.165) is 5.82 Å². The van der Waals surface area contributed by atoms with Crippen LogP contribution < -0.4 is 5.32 Å². The normalized spacial score (nSPS) is 11.2. The lowest BCUT2D eigenvalue weighted by Gasteiger charge is -2.03. The van der Waals surface area contributed by atoms with E-state index in [1.54, 1.807) is 11.6 Å². The molecule has 1 aromatic rings. The lowest BCUT2D eigenvalue weighted by molar-refractivity contribution is 0.145. The zero-order chi connectivity index (χ0) is 9.84. The molecule has 1 N–H and O–H groups in total. The maximum atomic E-state index is 11.7. The van der Waals surface area contributed by atoms with E-state index in [1.165, 1.54) is 0 Å². The van der Waals surface area contributed by atoms with Crippen LogP contribution in [0.5, 0.6) is 0 Å². The number of rotatable bonds is 4. The summed E-state index contributed by atoms with van der Waals surface area (Å²) in [5, 5.41) is 10.2. The third-order valence-electron chi connectivity index (χ3n) is 1.76. The predicted molar refractivity (Wildman–Crippen MR) is 43.5 cm³/mol. The molecule has 0 fully saturated rings. The highest BCUT2D eigenvalue weighted by Gasteiger charge is 2.05. The van der Waals surface area contributed by atoms with Crippen molar-refractivity contribution in [2.45, 2.75) is 19.9 Å². The Morgan fingerprint density at radius 3 is 2.62 bits per heavy atom. The second-order valence-corrected chi connectivity index (χ2v) is 2.74. The Labute approximate surface area is 75.0 Å². The van der Waals surface area contributed by atoms with E-state index in [-0.39, 0.29) is 6.54 Å². The van der Waals surface area contributed by atoms with Crippen molar-refractivity contribution in [3.63, 3.8) is 0 Å². The lowest BCUT2D eigenvalue weighted by atomic mass is 10.5. The van der Waals surface area contributed by atoms with Crippen LogP contribution in [0.3, 0.4) is 0 Å². The van der Waals surface area contributed by atoms with E-state index in [9.17, 15) is 8.78 Å². The average Bonchev–Trinajstić information content (AvgIpc) is 2.35. The molecule has 4 nitrogen and oxygen atoms in total. The molecule has 0 amide bonds. The van der Waals surface area contributed by atoms with E-state index in [0.29, 0.717) is 12.4 Å². The maximum Gasteiger partial charge on any atom is 0.250 e. The Hall–Kier alpha value is -1.04. The van der Waals surface area contributed by atoms with Gasteiger partial charge in [-0.15, -0.1) is 10.2 Å². The van der Waals surface area contributed by atoms with Gasteiger partial charge in [0.2, 0.25) is 0 Å². The summed E-state index contributed by atoms with van der Waals surface area (Å²) in [5.74, 6) is 1.44. The van der Waals surface area contributed by atoms with Crippen LogP contribution in [0, 0.1) is 6.92 Å². The molecule has 0 aliphatic carbocycles. The smallest absolute Gasteiger partial charge is 0.250 e. The van der Waals surface area contributed by atoms with Crippen LogP contribution in [-0.4, -0.2) is 27.7 Å². The average molecular weight is 190 g/mol. The Morgan fingerprint density at radius 1 is 1.46 bits per heavy atom. The molecule has 0 radical (unpaired) electrons. The Balaban J connectivity index is 2.41. The SMILES string of the molecule is Cc1nnc(CNCC(F)F)n1C. The molecule has 0 aliphatic rings. The van der Waals surface area contributed by atoms with Gasteiger partial charge in [0.25, 0.3) is 6.43 Å². The molecule has 0 saturated heterocycles. The molecule has 1 rings (SSSR count). The summed E-state index contributed by atoms with van der Waals surface area (Å²) in [5.41, 5.74) is 0. The van der Waals surface area contributed by atoms with Gasteiger partial charge in [0.05, 0.1) is 13.1 Å². The zero-order valence-corrected chi connectivity index (χ0v) is 7.59. The monoisotopic (exact) mass is 190 g/mol. The summed E-state index contributed by atoms with van der Waals surface area (Å²) in [6.45, 7) is 1.82. The van der Waals surface area contributed by atoms with Crippen molar-refractivity contribution in [3.8, 4) is 0 Å². The van der Waals surface area contributed by atoms with Gasteiger partial charge in [0.1, 0.15) is 11.6 Å². The molecule has 0 atom stereocenters. The van der Waals surface area contributed by atoms with Gasteiger partial charge < -0.3 is 9.88 Å². The first-order valence-corrected chi connectivity index (χ1v) is 3.95. The largest absolute Gasteiger partial charge is 0.317 e. The highest BCUT2D eigenvalue weighted by molar-refractivity contribution is 4.91. The van der Waals surface area contributed by atoms with Crippen molar-refractivity contribution in [2.24, 2.45) is 7.05 Å². The summed E-state index contributed by atoms with van der Waals surface area (Å²) in [4.78, 5) is 0. The molecule has 0 aromatic carbocycles. The Kier molecular flexibility index (Phi) is 3.30. The number of hydrogen-bond donors (Lipinski definition) is 1. The first-order valence-electron chi connectivity index (χ1n) is 3.95. The Bertz CT molecular complexity index is 271. The quantitative estimate of drug-likeness (QED) is 0.750. The van der Waals surface area contributed by atoms with Crippen molar-refractivity contribution in [1.29, 1.82) is 0 Å². The summed E-state index contributed by atoms with van der Waals surface area (Å²) >= 11 is 0. The van der Waals surface area contributed by atoms with Crippen molar-refractivity contribution in [2.75, 3.05) is 6.54 Å². The van der Waals surface area contributed by atoms with Gasteiger partial charge in [-0.3, -0.25) is 0 Å². The van der Waals surface area contributed by atoms with Gasteiger partial charge in [-0.25, -0.2) is 8.78 Å². The fraction of sp³-hybridized carbons (Fsp3) is 0.714. The first kappa shape index (κ1) is 10.0. The van der Waals surface area contributed by atoms with Crippen LogP contribution in [0.2, 0.25) is 0 Å². The molecular weight excluding hydrogens is 178 g/mol. The van der Waals surface area contributed by atoms with E-state index in [2.05, 4.69) is 15.5 Å². The molecule has 0 saturated carbocycles. The van der Waals surface area contributed by atoms with Crippen molar-refractivity contribution < 1.29 is 8.78 Å². The molecular formula is C7H12F2N4. The van der Waals surface area contributed by atoms with Gasteiger partial charge >= 0.3 is 0 Å². The standard InChI is InChI=1S/C7H12F2N4/c1-5-11-12-7(13(5)2)4-10-3-6(8)9/h6,10H,3-4H2,1-2H3. The number of nitrogens with one attached hydrogen (secondary N) is 1. The maximum absolute atomic E-state index is 11.7. The van der Waals surface area contributed by atoms with E-state index in [1.807, 2.05) is 6.92 Å². The molecule has 6 heteroatoms. The predicted octanol–water partition coefficient (Wildman–Crippen LogP) is 0.478. The van der Waals surface area contributed by atoms with Crippen LogP contribution in [0.15, 0.2) is 0 Å². The first-order chi connectivity index (χ1) is 6.11. The molecule has 0 unspecified atom stereocenters. The fourth-order valence-corrected chi connectivity index (χ4v) is 0.898. The molecule has 0 bridgehead atoms. The molecule has 74 valence electrons. The number of aryl methyl sites for hydroxylation is 1. The van der Waals surface area contributed by atoms with Crippen molar-refractivity contribution in [1.82, 2.24) is 20.1 Å². The zero-order valence-electron chi connectivity index (χ0n) is 7.59. The highest BCUT2D eigenvalue weighted by atomic mass is 19.3.